The highest BCUT2D eigenvalue weighted by Crippen LogP contribution is 2.25. The van der Waals surface area contributed by atoms with Crippen LogP contribution in [0.3, 0.4) is 0 Å². The first-order valence-electron chi connectivity index (χ1n) is 5.05. The number of rotatable bonds is 5. The van der Waals surface area contributed by atoms with Gasteiger partial charge in [0, 0.05) is 10.5 Å². The molecular formula is C11H17BrClFN2. The summed E-state index contributed by atoms with van der Waals surface area (Å²) in [4.78, 5) is 0. The van der Waals surface area contributed by atoms with Gasteiger partial charge in [-0.1, -0.05) is 22.4 Å². The van der Waals surface area contributed by atoms with Gasteiger partial charge in [0.15, 0.2) is 0 Å². The third kappa shape index (κ3) is 4.78. The quantitative estimate of drug-likeness (QED) is 0.821. The van der Waals surface area contributed by atoms with Gasteiger partial charge in [0.1, 0.15) is 5.82 Å². The van der Waals surface area contributed by atoms with Gasteiger partial charge in [0.05, 0.1) is 0 Å². The molecule has 92 valence electrons. The van der Waals surface area contributed by atoms with Gasteiger partial charge in [-0.2, -0.15) is 0 Å². The fraction of sp³-hybridized carbons (Fsp3) is 0.455. The molecule has 1 rings (SSSR count). The molecule has 0 fully saturated rings. The highest BCUT2D eigenvalue weighted by atomic mass is 79.9. The van der Waals surface area contributed by atoms with E-state index in [9.17, 15) is 4.39 Å². The van der Waals surface area contributed by atoms with Gasteiger partial charge >= 0.3 is 0 Å². The van der Waals surface area contributed by atoms with Gasteiger partial charge in [0.25, 0.3) is 0 Å². The fourth-order valence-electron chi connectivity index (χ4n) is 1.46. The average molecular weight is 312 g/mol. The average Bonchev–Trinajstić information content (AvgIpc) is 2.22. The summed E-state index contributed by atoms with van der Waals surface area (Å²) in [5, 5.41) is 0. The Morgan fingerprint density at radius 2 is 2.00 bits per heavy atom. The number of hydrogen-bond acceptors (Lipinski definition) is 2. The molecule has 1 aromatic carbocycles. The van der Waals surface area contributed by atoms with E-state index in [4.69, 9.17) is 11.5 Å². The van der Waals surface area contributed by atoms with Crippen LogP contribution in [0, 0.1) is 5.82 Å². The first kappa shape index (κ1) is 15.8. The molecule has 16 heavy (non-hydrogen) atoms. The Hall–Kier alpha value is -0.160. The second-order valence-electron chi connectivity index (χ2n) is 3.56. The van der Waals surface area contributed by atoms with Gasteiger partial charge < -0.3 is 11.5 Å². The molecule has 0 saturated carbocycles. The zero-order valence-electron chi connectivity index (χ0n) is 8.96. The predicted molar refractivity (Wildman–Crippen MR) is 71.2 cm³/mol. The van der Waals surface area contributed by atoms with Crippen molar-refractivity contribution in [3.63, 3.8) is 0 Å². The Labute approximate surface area is 110 Å². The molecule has 0 aliphatic rings. The minimum Gasteiger partial charge on any atom is -0.330 e. The molecule has 2 nitrogen and oxygen atoms in total. The molecule has 0 saturated heterocycles. The predicted octanol–water partition coefficient (Wildman–Crippen LogP) is 3.14. The Bertz CT molecular complexity index is 323. The van der Waals surface area contributed by atoms with Gasteiger partial charge in [-0.3, -0.25) is 0 Å². The van der Waals surface area contributed by atoms with Gasteiger partial charge in [-0.25, -0.2) is 4.39 Å². The highest BCUT2D eigenvalue weighted by Gasteiger charge is 2.10. The van der Waals surface area contributed by atoms with Crippen molar-refractivity contribution in [1.82, 2.24) is 0 Å². The summed E-state index contributed by atoms with van der Waals surface area (Å²) in [7, 11) is 0. The minimum atomic E-state index is -0.248. The van der Waals surface area contributed by atoms with Gasteiger partial charge in [0.2, 0.25) is 0 Å². The Balaban J connectivity index is 0.00000225. The molecule has 0 bridgehead atoms. The van der Waals surface area contributed by atoms with Crippen molar-refractivity contribution in [2.24, 2.45) is 11.5 Å². The molecule has 1 aromatic rings. The number of nitrogens with two attached hydrogens (primary N) is 2. The van der Waals surface area contributed by atoms with E-state index in [0.717, 1.165) is 29.3 Å². The molecular weight excluding hydrogens is 294 g/mol. The van der Waals surface area contributed by atoms with Crippen molar-refractivity contribution in [2.75, 3.05) is 6.54 Å². The normalized spacial score (nSPS) is 12.0. The molecule has 0 amide bonds. The standard InChI is InChI=1S/C11H16BrFN2.ClH/c12-10-5-4-8(13)7-9(10)11(15)3-1-2-6-14;/h4-5,7,11H,1-3,6,14-15H2;1H/t11-;/m0./s1. The van der Waals surface area contributed by atoms with Crippen LogP contribution in [0.2, 0.25) is 0 Å². The van der Waals surface area contributed by atoms with Crippen molar-refractivity contribution in [3.8, 4) is 0 Å². The first-order valence-corrected chi connectivity index (χ1v) is 5.85. The van der Waals surface area contributed by atoms with Gasteiger partial charge in [-0.15, -0.1) is 12.4 Å². The molecule has 0 aromatic heterocycles. The van der Waals surface area contributed by atoms with Crippen molar-refractivity contribution >= 4 is 28.3 Å². The van der Waals surface area contributed by atoms with Crippen LogP contribution >= 0.6 is 28.3 Å². The van der Waals surface area contributed by atoms with E-state index in [1.807, 2.05) is 0 Å². The lowest BCUT2D eigenvalue weighted by Gasteiger charge is -2.13. The molecule has 1 atom stereocenters. The van der Waals surface area contributed by atoms with E-state index in [-0.39, 0.29) is 24.3 Å². The highest BCUT2D eigenvalue weighted by molar-refractivity contribution is 9.10. The molecule has 0 unspecified atom stereocenters. The SMILES string of the molecule is Cl.NCCCC[C@H](N)c1cc(F)ccc1Br. The summed E-state index contributed by atoms with van der Waals surface area (Å²) in [5.74, 6) is -0.248. The van der Waals surface area contributed by atoms with E-state index in [0.29, 0.717) is 6.54 Å². The van der Waals surface area contributed by atoms with Crippen LogP contribution in [0.5, 0.6) is 0 Å². The van der Waals surface area contributed by atoms with Crippen LogP contribution in [-0.2, 0) is 0 Å². The Morgan fingerprint density at radius 1 is 1.31 bits per heavy atom. The van der Waals surface area contributed by atoms with E-state index in [2.05, 4.69) is 15.9 Å². The minimum absolute atomic E-state index is 0. The smallest absolute Gasteiger partial charge is 0.123 e. The summed E-state index contributed by atoms with van der Waals surface area (Å²) in [5.41, 5.74) is 12.2. The van der Waals surface area contributed by atoms with Crippen molar-refractivity contribution in [2.45, 2.75) is 25.3 Å². The van der Waals surface area contributed by atoms with Crippen molar-refractivity contribution < 1.29 is 4.39 Å². The van der Waals surface area contributed by atoms with Crippen molar-refractivity contribution in [3.05, 3.63) is 34.1 Å². The molecule has 0 aliphatic heterocycles. The van der Waals surface area contributed by atoms with Crippen molar-refractivity contribution in [1.29, 1.82) is 0 Å². The number of unbranched alkanes of at least 4 members (excludes halogenated alkanes) is 1. The van der Waals surface area contributed by atoms with Crippen LogP contribution in [-0.4, -0.2) is 6.54 Å². The molecule has 0 radical (unpaired) electrons. The summed E-state index contributed by atoms with van der Waals surface area (Å²) < 4.78 is 13.9. The topological polar surface area (TPSA) is 52.0 Å². The number of halogens is 3. The first-order chi connectivity index (χ1) is 7.15. The van der Waals surface area contributed by atoms with Crippen LogP contribution in [0.1, 0.15) is 30.9 Å². The monoisotopic (exact) mass is 310 g/mol. The molecule has 4 N–H and O–H groups in total. The van der Waals surface area contributed by atoms with Crippen LogP contribution in [0.15, 0.2) is 22.7 Å². The van der Waals surface area contributed by atoms with E-state index in [1.165, 1.54) is 12.1 Å². The van der Waals surface area contributed by atoms with Gasteiger partial charge in [-0.05, 0) is 43.1 Å². The van der Waals surface area contributed by atoms with Crippen LogP contribution in [0.4, 0.5) is 4.39 Å². The lowest BCUT2D eigenvalue weighted by atomic mass is 10.0. The molecule has 0 spiro atoms. The maximum atomic E-state index is 13.0. The second kappa shape index (κ2) is 8.01. The largest absolute Gasteiger partial charge is 0.330 e. The van der Waals surface area contributed by atoms with E-state index < -0.39 is 0 Å². The van der Waals surface area contributed by atoms with E-state index in [1.54, 1.807) is 6.07 Å². The van der Waals surface area contributed by atoms with Crippen LogP contribution in [0.25, 0.3) is 0 Å². The Kier molecular flexibility index (Phi) is 7.93. The summed E-state index contributed by atoms with van der Waals surface area (Å²) in [6.07, 6.45) is 2.76. The lowest BCUT2D eigenvalue weighted by Crippen LogP contribution is -2.12. The number of benzene rings is 1. The molecule has 0 aliphatic carbocycles. The van der Waals surface area contributed by atoms with E-state index >= 15 is 0 Å². The number of hydrogen-bond donors (Lipinski definition) is 2. The fourth-order valence-corrected chi connectivity index (χ4v) is 2.00. The lowest BCUT2D eigenvalue weighted by molar-refractivity contribution is 0.578. The zero-order valence-corrected chi connectivity index (χ0v) is 11.4. The maximum absolute atomic E-state index is 13.0. The molecule has 0 heterocycles. The zero-order chi connectivity index (χ0) is 11.3. The van der Waals surface area contributed by atoms with Crippen LogP contribution < -0.4 is 11.5 Å². The maximum Gasteiger partial charge on any atom is 0.123 e. The summed E-state index contributed by atoms with van der Waals surface area (Å²) >= 11 is 3.37. The second-order valence-corrected chi connectivity index (χ2v) is 4.41. The third-order valence-corrected chi connectivity index (χ3v) is 3.05. The third-order valence-electron chi connectivity index (χ3n) is 2.33. The summed E-state index contributed by atoms with van der Waals surface area (Å²) in [6, 6.07) is 4.46. The molecule has 5 heteroatoms. The Morgan fingerprint density at radius 3 is 2.62 bits per heavy atom. The summed E-state index contributed by atoms with van der Waals surface area (Å²) in [6.45, 7) is 0.678.